The Kier molecular flexibility index (Phi) is 4.38. The lowest BCUT2D eigenvalue weighted by atomic mass is 9.93. The average molecular weight is 245 g/mol. The summed E-state index contributed by atoms with van der Waals surface area (Å²) >= 11 is 1.33. The van der Waals surface area contributed by atoms with Crippen molar-refractivity contribution < 1.29 is 14.7 Å². The summed E-state index contributed by atoms with van der Waals surface area (Å²) in [5, 5.41) is 10.1. The van der Waals surface area contributed by atoms with Gasteiger partial charge in [-0.25, -0.2) is 0 Å². The van der Waals surface area contributed by atoms with Crippen LogP contribution in [0.25, 0.3) is 0 Å². The topological polar surface area (TPSA) is 57.6 Å². The van der Waals surface area contributed by atoms with Crippen LogP contribution >= 0.6 is 11.8 Å². The molecule has 5 heteroatoms. The predicted molar refractivity (Wildman–Crippen MR) is 64.1 cm³/mol. The number of nitrogens with zero attached hydrogens (tertiary/aromatic N) is 1. The summed E-state index contributed by atoms with van der Waals surface area (Å²) in [6, 6.07) is 0. The first-order chi connectivity index (χ1) is 7.32. The van der Waals surface area contributed by atoms with Gasteiger partial charge in [0, 0.05) is 0 Å². The maximum absolute atomic E-state index is 11.5. The number of amides is 2. The molecule has 92 valence electrons. The molecular weight excluding hydrogens is 226 g/mol. The van der Waals surface area contributed by atoms with E-state index in [1.807, 2.05) is 13.8 Å². The van der Waals surface area contributed by atoms with Crippen molar-refractivity contribution in [2.75, 3.05) is 18.1 Å². The highest BCUT2D eigenvalue weighted by molar-refractivity contribution is 8.00. The Bertz CT molecular complexity index is 273. The second-order valence-corrected chi connectivity index (χ2v) is 5.95. The Morgan fingerprint density at radius 1 is 1.38 bits per heavy atom. The molecule has 0 aromatic carbocycles. The minimum atomic E-state index is -0.985. The van der Waals surface area contributed by atoms with Gasteiger partial charge in [-0.1, -0.05) is 13.8 Å². The molecule has 2 amide bonds. The van der Waals surface area contributed by atoms with Crippen molar-refractivity contribution in [1.29, 1.82) is 0 Å². The largest absolute Gasteiger partial charge is 0.388 e. The summed E-state index contributed by atoms with van der Waals surface area (Å²) in [5.74, 6) is 0.627. The van der Waals surface area contributed by atoms with E-state index in [9.17, 15) is 14.7 Å². The smallest absolute Gasteiger partial charge is 0.239 e. The first-order valence-electron chi connectivity index (χ1n) is 5.45. The number of imide groups is 1. The van der Waals surface area contributed by atoms with Gasteiger partial charge in [0.05, 0.1) is 23.7 Å². The van der Waals surface area contributed by atoms with Crippen LogP contribution in [0, 0.1) is 5.92 Å². The first-order valence-corrected chi connectivity index (χ1v) is 6.60. The van der Waals surface area contributed by atoms with Crippen molar-refractivity contribution >= 4 is 23.6 Å². The number of carbonyl (C=O) groups excluding carboxylic acids is 2. The maximum Gasteiger partial charge on any atom is 0.239 e. The zero-order valence-corrected chi connectivity index (χ0v) is 10.8. The Hall–Kier alpha value is -0.550. The highest BCUT2D eigenvalue weighted by Gasteiger charge is 2.33. The number of hydrogen-bond acceptors (Lipinski definition) is 4. The van der Waals surface area contributed by atoms with Crippen LogP contribution in [0.3, 0.4) is 0 Å². The first kappa shape index (κ1) is 13.5. The number of rotatable bonds is 4. The van der Waals surface area contributed by atoms with Crippen LogP contribution in [0.5, 0.6) is 0 Å². The van der Waals surface area contributed by atoms with Crippen LogP contribution in [0.1, 0.15) is 27.2 Å². The van der Waals surface area contributed by atoms with Gasteiger partial charge < -0.3 is 5.11 Å². The van der Waals surface area contributed by atoms with Crippen LogP contribution in [0.15, 0.2) is 0 Å². The molecule has 1 unspecified atom stereocenters. The summed E-state index contributed by atoms with van der Waals surface area (Å²) in [5.41, 5.74) is -0.985. The van der Waals surface area contributed by atoms with E-state index in [4.69, 9.17) is 0 Å². The van der Waals surface area contributed by atoms with E-state index < -0.39 is 5.60 Å². The molecule has 0 aliphatic carbocycles. The van der Waals surface area contributed by atoms with E-state index in [1.165, 1.54) is 16.7 Å². The molecule has 16 heavy (non-hydrogen) atoms. The fraction of sp³-hybridized carbons (Fsp3) is 0.818. The average Bonchev–Trinajstić information content (AvgIpc) is 2.09. The van der Waals surface area contributed by atoms with Crippen molar-refractivity contribution in [3.63, 3.8) is 0 Å². The van der Waals surface area contributed by atoms with Crippen LogP contribution in [-0.4, -0.2) is 45.5 Å². The minimum Gasteiger partial charge on any atom is -0.388 e. The zero-order valence-electron chi connectivity index (χ0n) is 10.0. The number of aliphatic hydroxyl groups is 1. The van der Waals surface area contributed by atoms with Crippen LogP contribution in [0.4, 0.5) is 0 Å². The molecule has 0 aromatic rings. The third-order valence-corrected chi connectivity index (χ3v) is 3.30. The molecule has 1 fully saturated rings. The molecule has 1 saturated heterocycles. The van der Waals surface area contributed by atoms with E-state index in [-0.39, 0.29) is 18.4 Å². The Morgan fingerprint density at radius 3 is 2.31 bits per heavy atom. The van der Waals surface area contributed by atoms with Gasteiger partial charge in [0.25, 0.3) is 0 Å². The quantitative estimate of drug-likeness (QED) is 0.747. The zero-order chi connectivity index (χ0) is 12.3. The Morgan fingerprint density at radius 2 is 1.88 bits per heavy atom. The molecule has 1 aliphatic rings. The van der Waals surface area contributed by atoms with Crippen molar-refractivity contribution in [2.45, 2.75) is 32.8 Å². The third kappa shape index (κ3) is 3.79. The van der Waals surface area contributed by atoms with Crippen molar-refractivity contribution in [1.82, 2.24) is 4.90 Å². The normalized spacial score (nSPS) is 21.4. The lowest BCUT2D eigenvalue weighted by Crippen LogP contribution is -2.50. The van der Waals surface area contributed by atoms with Gasteiger partial charge in [-0.15, -0.1) is 11.8 Å². The molecule has 1 aliphatic heterocycles. The van der Waals surface area contributed by atoms with Gasteiger partial charge in [-0.2, -0.15) is 0 Å². The van der Waals surface area contributed by atoms with Crippen molar-refractivity contribution in [3.05, 3.63) is 0 Å². The summed E-state index contributed by atoms with van der Waals surface area (Å²) in [4.78, 5) is 24.3. The summed E-state index contributed by atoms with van der Waals surface area (Å²) in [7, 11) is 0. The second kappa shape index (κ2) is 5.19. The molecule has 0 spiro atoms. The number of thioether (sulfide) groups is 1. The summed E-state index contributed by atoms with van der Waals surface area (Å²) in [6.07, 6.45) is 0.581. The van der Waals surface area contributed by atoms with Gasteiger partial charge in [0.1, 0.15) is 0 Å². The highest BCUT2D eigenvalue weighted by Crippen LogP contribution is 2.21. The second-order valence-electron chi connectivity index (χ2n) is 4.96. The van der Waals surface area contributed by atoms with Gasteiger partial charge >= 0.3 is 0 Å². The molecule has 1 rings (SSSR count). The number of β-amino-alcohol motifs (C(OH)–C–C–N with tert-alkyl or cyclic N) is 1. The van der Waals surface area contributed by atoms with Gasteiger partial charge in [0.15, 0.2) is 0 Å². The minimum absolute atomic E-state index is 0.114. The van der Waals surface area contributed by atoms with Gasteiger partial charge in [0.2, 0.25) is 11.8 Å². The summed E-state index contributed by atoms with van der Waals surface area (Å²) in [6.45, 7) is 5.80. The van der Waals surface area contributed by atoms with Crippen LogP contribution in [-0.2, 0) is 9.59 Å². The van der Waals surface area contributed by atoms with Gasteiger partial charge in [-0.3, -0.25) is 14.5 Å². The maximum atomic E-state index is 11.5. The molecule has 1 N–H and O–H groups in total. The summed E-state index contributed by atoms with van der Waals surface area (Å²) < 4.78 is 0. The molecule has 0 bridgehead atoms. The number of hydrogen-bond donors (Lipinski definition) is 1. The molecular formula is C11H19NO3S. The Balaban J connectivity index is 2.63. The van der Waals surface area contributed by atoms with Crippen LogP contribution < -0.4 is 0 Å². The molecule has 0 saturated carbocycles. The monoisotopic (exact) mass is 245 g/mol. The molecule has 1 heterocycles. The molecule has 0 radical (unpaired) electrons. The lowest BCUT2D eigenvalue weighted by molar-refractivity contribution is -0.146. The van der Waals surface area contributed by atoms with Crippen molar-refractivity contribution in [2.24, 2.45) is 5.92 Å². The van der Waals surface area contributed by atoms with E-state index in [1.54, 1.807) is 6.92 Å². The fourth-order valence-corrected chi connectivity index (χ4v) is 2.74. The van der Waals surface area contributed by atoms with E-state index in [0.717, 1.165) is 0 Å². The lowest BCUT2D eigenvalue weighted by Gasteiger charge is -2.33. The number of carbonyl (C=O) groups is 2. The van der Waals surface area contributed by atoms with E-state index in [0.29, 0.717) is 23.8 Å². The molecule has 0 aromatic heterocycles. The van der Waals surface area contributed by atoms with E-state index >= 15 is 0 Å². The fourth-order valence-electron chi connectivity index (χ4n) is 1.98. The highest BCUT2D eigenvalue weighted by atomic mass is 32.2. The molecule has 1 atom stereocenters. The Labute approximate surface area is 100 Å². The van der Waals surface area contributed by atoms with Crippen molar-refractivity contribution in [3.8, 4) is 0 Å². The predicted octanol–water partition coefficient (Wildman–Crippen LogP) is 0.885. The van der Waals surface area contributed by atoms with Gasteiger partial charge in [-0.05, 0) is 19.3 Å². The third-order valence-electron chi connectivity index (χ3n) is 2.40. The molecule has 4 nitrogen and oxygen atoms in total. The van der Waals surface area contributed by atoms with E-state index in [2.05, 4.69) is 0 Å². The SMILES string of the molecule is CC(C)CC(C)(O)CN1C(=O)CSCC1=O. The standard InChI is InChI=1S/C11H19NO3S/c1-8(2)4-11(3,15)7-12-9(13)5-16-6-10(12)14/h8,15H,4-7H2,1-3H3. The van der Waals surface area contributed by atoms with Crippen LogP contribution in [0.2, 0.25) is 0 Å².